The van der Waals surface area contributed by atoms with E-state index in [4.69, 9.17) is 0 Å². The van der Waals surface area contributed by atoms with Crippen LogP contribution in [0.5, 0.6) is 0 Å². The monoisotopic (exact) mass is 282 g/mol. The van der Waals surface area contributed by atoms with E-state index >= 15 is 0 Å². The molecule has 1 saturated heterocycles. The van der Waals surface area contributed by atoms with Crippen molar-refractivity contribution >= 4 is 11.9 Å². The van der Waals surface area contributed by atoms with Crippen LogP contribution in [0.4, 0.5) is 0 Å². The van der Waals surface area contributed by atoms with E-state index in [1.54, 1.807) is 0 Å². The molecule has 2 rings (SSSR count). The molecule has 1 aliphatic carbocycles. The fraction of sp³-hybridized carbons (Fsp3) is 0.867. The molecule has 5 nitrogen and oxygen atoms in total. The summed E-state index contributed by atoms with van der Waals surface area (Å²) in [6.45, 7) is 0.745. The highest BCUT2D eigenvalue weighted by molar-refractivity contribution is 5.76. The fourth-order valence-corrected chi connectivity index (χ4v) is 3.82. The van der Waals surface area contributed by atoms with E-state index in [-0.39, 0.29) is 23.9 Å². The lowest BCUT2D eigenvalue weighted by atomic mass is 9.77. The van der Waals surface area contributed by atoms with Crippen molar-refractivity contribution in [1.29, 1.82) is 0 Å². The minimum atomic E-state index is -0.725. The summed E-state index contributed by atoms with van der Waals surface area (Å²) >= 11 is 0. The molecule has 0 bridgehead atoms. The molecule has 2 N–H and O–H groups in total. The molecule has 2 fully saturated rings. The van der Waals surface area contributed by atoms with E-state index < -0.39 is 5.97 Å². The molecular formula is C15H26N2O3. The lowest BCUT2D eigenvalue weighted by molar-refractivity contribution is -0.141. The maximum atomic E-state index is 11.8. The van der Waals surface area contributed by atoms with Crippen molar-refractivity contribution in [2.24, 2.45) is 0 Å². The van der Waals surface area contributed by atoms with Gasteiger partial charge in [0.05, 0.1) is 6.42 Å². The van der Waals surface area contributed by atoms with E-state index in [0.717, 1.165) is 45.1 Å². The first-order chi connectivity index (χ1) is 9.53. The third kappa shape index (κ3) is 3.51. The van der Waals surface area contributed by atoms with Gasteiger partial charge < -0.3 is 10.4 Å². The zero-order valence-electron chi connectivity index (χ0n) is 12.4. The molecule has 1 heterocycles. The number of hydrogen-bond acceptors (Lipinski definition) is 3. The van der Waals surface area contributed by atoms with Crippen molar-refractivity contribution in [3.05, 3.63) is 0 Å². The molecule has 1 amide bonds. The topological polar surface area (TPSA) is 69.6 Å². The molecule has 1 atom stereocenters. The lowest BCUT2D eigenvalue weighted by Crippen LogP contribution is -2.54. The number of amides is 1. The number of carboxylic acids is 1. The summed E-state index contributed by atoms with van der Waals surface area (Å²) in [5.41, 5.74) is -0.251. The summed E-state index contributed by atoms with van der Waals surface area (Å²) in [6.07, 6.45) is 7.90. The van der Waals surface area contributed by atoms with Crippen LogP contribution in [0.3, 0.4) is 0 Å². The molecule has 1 saturated carbocycles. The fourth-order valence-electron chi connectivity index (χ4n) is 3.82. The van der Waals surface area contributed by atoms with Gasteiger partial charge >= 0.3 is 5.97 Å². The van der Waals surface area contributed by atoms with E-state index in [1.165, 1.54) is 6.42 Å². The summed E-state index contributed by atoms with van der Waals surface area (Å²) in [6, 6.07) is 0.176. The van der Waals surface area contributed by atoms with Crippen molar-refractivity contribution < 1.29 is 14.7 Å². The van der Waals surface area contributed by atoms with Crippen molar-refractivity contribution in [2.75, 3.05) is 13.6 Å². The Hall–Kier alpha value is -1.10. The van der Waals surface area contributed by atoms with Crippen molar-refractivity contribution in [1.82, 2.24) is 10.2 Å². The molecular weight excluding hydrogens is 256 g/mol. The van der Waals surface area contributed by atoms with Crippen molar-refractivity contribution in [2.45, 2.75) is 69.4 Å². The number of rotatable bonds is 4. The third-order valence-corrected chi connectivity index (χ3v) is 5.02. The lowest BCUT2D eigenvalue weighted by Gasteiger charge is -2.47. The van der Waals surface area contributed by atoms with Gasteiger partial charge in [-0.2, -0.15) is 0 Å². The summed E-state index contributed by atoms with van der Waals surface area (Å²) < 4.78 is 0. The van der Waals surface area contributed by atoms with Gasteiger partial charge in [0.25, 0.3) is 0 Å². The van der Waals surface area contributed by atoms with Gasteiger partial charge in [0.15, 0.2) is 0 Å². The Morgan fingerprint density at radius 2 is 2.05 bits per heavy atom. The van der Waals surface area contributed by atoms with E-state index in [2.05, 4.69) is 10.2 Å². The zero-order valence-corrected chi connectivity index (χ0v) is 12.4. The first-order valence-electron chi connectivity index (χ1n) is 7.75. The molecule has 0 radical (unpaired) electrons. The minimum absolute atomic E-state index is 0.0978. The largest absolute Gasteiger partial charge is 0.481 e. The molecule has 0 aromatic heterocycles. The van der Waals surface area contributed by atoms with E-state index in [0.29, 0.717) is 6.42 Å². The number of aliphatic carboxylic acids is 1. The second-order valence-corrected chi connectivity index (χ2v) is 6.32. The highest BCUT2D eigenvalue weighted by Gasteiger charge is 2.41. The molecule has 1 aliphatic heterocycles. The Morgan fingerprint density at radius 3 is 2.70 bits per heavy atom. The van der Waals surface area contributed by atoms with Crippen LogP contribution >= 0.6 is 0 Å². The Morgan fingerprint density at radius 1 is 1.35 bits per heavy atom. The Kier molecular flexibility index (Phi) is 5.02. The first-order valence-corrected chi connectivity index (χ1v) is 7.75. The smallest absolute Gasteiger partial charge is 0.305 e. The average molecular weight is 282 g/mol. The van der Waals surface area contributed by atoms with Crippen LogP contribution in [0.2, 0.25) is 0 Å². The zero-order chi connectivity index (χ0) is 14.6. The van der Waals surface area contributed by atoms with Crippen molar-refractivity contribution in [3.8, 4) is 0 Å². The molecule has 1 unspecified atom stereocenters. The second kappa shape index (κ2) is 6.57. The van der Waals surface area contributed by atoms with Gasteiger partial charge in [-0.25, -0.2) is 0 Å². The van der Waals surface area contributed by atoms with Gasteiger partial charge in [-0.15, -0.1) is 0 Å². The summed E-state index contributed by atoms with van der Waals surface area (Å²) in [7, 11) is 2.03. The number of carboxylic acid groups (broad SMARTS) is 1. The highest BCUT2D eigenvalue weighted by Crippen LogP contribution is 2.38. The van der Waals surface area contributed by atoms with Crippen LogP contribution in [0, 0.1) is 0 Å². The SMILES string of the molecule is CN(C1CCCNC(=O)C1)C1(CC(=O)O)CCCCC1. The molecule has 20 heavy (non-hydrogen) atoms. The molecule has 114 valence electrons. The van der Waals surface area contributed by atoms with Crippen LogP contribution in [0.1, 0.15) is 57.8 Å². The Balaban J connectivity index is 2.13. The molecule has 2 aliphatic rings. The second-order valence-electron chi connectivity index (χ2n) is 6.32. The standard InChI is InChI=1S/C15H26N2O3/c1-17(12-6-5-9-16-13(18)10-12)15(11-14(19)20)7-3-2-4-8-15/h12H,2-11H2,1H3,(H,16,18)(H,19,20). The van der Waals surface area contributed by atoms with Gasteiger partial charge in [-0.3, -0.25) is 14.5 Å². The average Bonchev–Trinajstić information content (AvgIpc) is 2.63. The summed E-state index contributed by atoms with van der Waals surface area (Å²) in [5, 5.41) is 12.2. The van der Waals surface area contributed by atoms with Crippen LogP contribution < -0.4 is 5.32 Å². The molecule has 5 heteroatoms. The van der Waals surface area contributed by atoms with Gasteiger partial charge in [0.1, 0.15) is 0 Å². The third-order valence-electron chi connectivity index (χ3n) is 5.02. The number of carbonyl (C=O) groups excluding carboxylic acids is 1. The molecule has 0 spiro atoms. The summed E-state index contributed by atoms with van der Waals surface area (Å²) in [5.74, 6) is -0.627. The van der Waals surface area contributed by atoms with Crippen LogP contribution in [0.25, 0.3) is 0 Å². The van der Waals surface area contributed by atoms with E-state index in [9.17, 15) is 14.7 Å². The highest BCUT2D eigenvalue weighted by atomic mass is 16.4. The number of hydrogen-bond donors (Lipinski definition) is 2. The summed E-state index contributed by atoms with van der Waals surface area (Å²) in [4.78, 5) is 25.3. The predicted molar refractivity (Wildman–Crippen MR) is 76.5 cm³/mol. The number of nitrogens with zero attached hydrogens (tertiary/aromatic N) is 1. The maximum absolute atomic E-state index is 11.8. The van der Waals surface area contributed by atoms with Crippen LogP contribution in [-0.4, -0.2) is 47.1 Å². The van der Waals surface area contributed by atoms with Gasteiger partial charge in [-0.1, -0.05) is 19.3 Å². The normalized spacial score (nSPS) is 26.9. The van der Waals surface area contributed by atoms with Crippen LogP contribution in [-0.2, 0) is 9.59 Å². The van der Waals surface area contributed by atoms with Crippen molar-refractivity contribution in [3.63, 3.8) is 0 Å². The Bertz CT molecular complexity index is 364. The van der Waals surface area contributed by atoms with Crippen LogP contribution in [0.15, 0.2) is 0 Å². The van der Waals surface area contributed by atoms with Gasteiger partial charge in [0, 0.05) is 24.5 Å². The molecule has 0 aromatic rings. The maximum Gasteiger partial charge on any atom is 0.305 e. The van der Waals surface area contributed by atoms with Gasteiger partial charge in [-0.05, 0) is 32.7 Å². The minimum Gasteiger partial charge on any atom is -0.481 e. The first kappa shape index (κ1) is 15.3. The number of carbonyl (C=O) groups is 2. The Labute approximate surface area is 120 Å². The van der Waals surface area contributed by atoms with E-state index in [1.807, 2.05) is 7.05 Å². The molecule has 0 aromatic carbocycles. The quantitative estimate of drug-likeness (QED) is 0.824. The van der Waals surface area contributed by atoms with Gasteiger partial charge in [0.2, 0.25) is 5.91 Å². The number of nitrogens with one attached hydrogen (secondary N) is 1. The predicted octanol–water partition coefficient (Wildman–Crippen LogP) is 1.76.